The van der Waals surface area contributed by atoms with Crippen molar-refractivity contribution in [2.45, 2.75) is 26.3 Å². The minimum absolute atomic E-state index is 0.0200. The number of halogens is 1. The van der Waals surface area contributed by atoms with Gasteiger partial charge in [-0.3, -0.25) is 4.79 Å². The molecule has 1 saturated heterocycles. The number of nitrogens with zero attached hydrogens (tertiary/aromatic N) is 4. The minimum Gasteiger partial charge on any atom is -0.494 e. The van der Waals surface area contributed by atoms with E-state index < -0.39 is 0 Å². The Morgan fingerprint density at radius 1 is 1.11 bits per heavy atom. The number of amides is 1. The van der Waals surface area contributed by atoms with Crippen molar-refractivity contribution in [3.05, 3.63) is 78.4 Å². The fourth-order valence-corrected chi connectivity index (χ4v) is 4.47. The van der Waals surface area contributed by atoms with Crippen molar-refractivity contribution in [1.29, 1.82) is 0 Å². The summed E-state index contributed by atoms with van der Waals surface area (Å²) in [5.41, 5.74) is 3.56. The first-order valence-corrected chi connectivity index (χ1v) is 12.0. The number of hydrogen-bond donors (Lipinski definition) is 1. The molecule has 0 unspecified atom stereocenters. The molecule has 2 aromatic heterocycles. The summed E-state index contributed by atoms with van der Waals surface area (Å²) in [4.78, 5) is 19.6. The molecule has 0 aliphatic carbocycles. The third-order valence-corrected chi connectivity index (χ3v) is 6.38. The summed E-state index contributed by atoms with van der Waals surface area (Å²) in [5.74, 6) is 1.48. The number of carbonyl (C=O) groups excluding carboxylic acids is 1. The number of nitrogens with one attached hydrogen (secondary N) is 1. The third-order valence-electron chi connectivity index (χ3n) is 6.38. The number of piperidine rings is 1. The molecular weight excluding hydrogens is 445 g/mol. The predicted molar refractivity (Wildman–Crippen MR) is 133 cm³/mol. The van der Waals surface area contributed by atoms with Crippen LogP contribution < -0.4 is 15.0 Å². The summed E-state index contributed by atoms with van der Waals surface area (Å²) in [6.45, 7) is 4.58. The van der Waals surface area contributed by atoms with Gasteiger partial charge >= 0.3 is 0 Å². The third kappa shape index (κ3) is 5.11. The van der Waals surface area contributed by atoms with Crippen LogP contribution in [0.1, 0.15) is 25.3 Å². The van der Waals surface area contributed by atoms with Crippen LogP contribution in [0.25, 0.3) is 16.8 Å². The van der Waals surface area contributed by atoms with Crippen LogP contribution in [0, 0.1) is 11.7 Å². The van der Waals surface area contributed by atoms with Gasteiger partial charge in [-0.05, 0) is 67.8 Å². The van der Waals surface area contributed by atoms with Crippen LogP contribution in [-0.4, -0.2) is 40.2 Å². The van der Waals surface area contributed by atoms with E-state index in [-0.39, 0.29) is 17.6 Å². The van der Waals surface area contributed by atoms with Crippen LogP contribution in [0.3, 0.4) is 0 Å². The Morgan fingerprint density at radius 3 is 2.57 bits per heavy atom. The highest BCUT2D eigenvalue weighted by Gasteiger charge is 2.26. The molecule has 0 radical (unpaired) electrons. The molecule has 0 spiro atoms. The lowest BCUT2D eigenvalue weighted by molar-refractivity contribution is -0.125. The van der Waals surface area contributed by atoms with Gasteiger partial charge in [-0.15, -0.1) is 0 Å². The summed E-state index contributed by atoms with van der Waals surface area (Å²) >= 11 is 0. The zero-order valence-corrected chi connectivity index (χ0v) is 19.7. The van der Waals surface area contributed by atoms with Crippen molar-refractivity contribution in [1.82, 2.24) is 19.9 Å². The van der Waals surface area contributed by atoms with E-state index in [1.165, 1.54) is 12.1 Å². The van der Waals surface area contributed by atoms with Gasteiger partial charge in [-0.2, -0.15) is 5.10 Å². The van der Waals surface area contributed by atoms with Gasteiger partial charge in [-0.25, -0.2) is 13.9 Å². The lowest BCUT2D eigenvalue weighted by Gasteiger charge is -2.32. The number of rotatable bonds is 7. The first kappa shape index (κ1) is 22.8. The number of hydrogen-bond acceptors (Lipinski definition) is 5. The average molecular weight is 474 g/mol. The van der Waals surface area contributed by atoms with E-state index in [0.29, 0.717) is 13.2 Å². The topological polar surface area (TPSA) is 71.8 Å². The zero-order chi connectivity index (χ0) is 24.2. The van der Waals surface area contributed by atoms with Gasteiger partial charge in [0, 0.05) is 43.5 Å². The van der Waals surface area contributed by atoms with E-state index in [1.807, 2.05) is 43.5 Å². The predicted octanol–water partition coefficient (Wildman–Crippen LogP) is 4.47. The van der Waals surface area contributed by atoms with Gasteiger partial charge in [0.05, 0.1) is 12.3 Å². The van der Waals surface area contributed by atoms with Crippen molar-refractivity contribution in [2.24, 2.45) is 5.92 Å². The normalized spacial score (nSPS) is 14.3. The standard InChI is InChI=1S/C27H28FN5O2/c1-2-35-23-9-3-19(4-10-23)18-30-27(34)21-11-14-32(15-12-21)26-25-17-24(31-33(25)16-13-29-26)20-5-7-22(28)8-6-20/h3-10,13,16-17,21H,2,11-12,14-15,18H2,1H3,(H,30,34). The summed E-state index contributed by atoms with van der Waals surface area (Å²) < 4.78 is 20.6. The smallest absolute Gasteiger partial charge is 0.223 e. The van der Waals surface area contributed by atoms with E-state index in [1.54, 1.807) is 22.8 Å². The van der Waals surface area contributed by atoms with E-state index in [2.05, 4.69) is 20.3 Å². The molecule has 0 atom stereocenters. The second kappa shape index (κ2) is 10.1. The van der Waals surface area contributed by atoms with Gasteiger partial charge in [0.2, 0.25) is 5.91 Å². The fraction of sp³-hybridized carbons (Fsp3) is 0.296. The summed E-state index contributed by atoms with van der Waals surface area (Å²) in [7, 11) is 0. The molecule has 8 heteroatoms. The Labute approximate surface area is 203 Å². The highest BCUT2D eigenvalue weighted by Crippen LogP contribution is 2.28. The van der Waals surface area contributed by atoms with Crippen LogP contribution in [-0.2, 0) is 11.3 Å². The molecule has 4 aromatic rings. The monoisotopic (exact) mass is 473 g/mol. The molecule has 1 amide bonds. The molecule has 1 N–H and O–H groups in total. The van der Waals surface area contributed by atoms with E-state index in [9.17, 15) is 9.18 Å². The Hall–Kier alpha value is -3.94. The second-order valence-corrected chi connectivity index (χ2v) is 8.67. The fourth-order valence-electron chi connectivity index (χ4n) is 4.47. The van der Waals surface area contributed by atoms with Gasteiger partial charge in [0.25, 0.3) is 0 Å². The molecule has 1 fully saturated rings. The van der Waals surface area contributed by atoms with Crippen LogP contribution >= 0.6 is 0 Å². The minimum atomic E-state index is -0.272. The molecule has 35 heavy (non-hydrogen) atoms. The maximum Gasteiger partial charge on any atom is 0.223 e. The first-order valence-electron chi connectivity index (χ1n) is 12.0. The average Bonchev–Trinajstić information content (AvgIpc) is 3.33. The maximum absolute atomic E-state index is 13.3. The van der Waals surface area contributed by atoms with Crippen LogP contribution in [0.5, 0.6) is 5.75 Å². The van der Waals surface area contributed by atoms with Crippen molar-refractivity contribution in [3.63, 3.8) is 0 Å². The van der Waals surface area contributed by atoms with Crippen LogP contribution in [0.15, 0.2) is 67.0 Å². The summed E-state index contributed by atoms with van der Waals surface area (Å²) in [6, 6.07) is 16.1. The molecule has 5 rings (SSSR count). The Morgan fingerprint density at radius 2 is 1.86 bits per heavy atom. The Balaban J connectivity index is 1.21. The number of ether oxygens (including phenoxy) is 1. The number of benzene rings is 2. The molecular formula is C27H28FN5O2. The van der Waals surface area contributed by atoms with Gasteiger partial charge in [0.15, 0.2) is 5.82 Å². The largest absolute Gasteiger partial charge is 0.494 e. The summed E-state index contributed by atoms with van der Waals surface area (Å²) in [6.07, 6.45) is 5.07. The quantitative estimate of drug-likeness (QED) is 0.429. The lowest BCUT2D eigenvalue weighted by Crippen LogP contribution is -2.40. The second-order valence-electron chi connectivity index (χ2n) is 8.67. The maximum atomic E-state index is 13.3. The molecule has 0 saturated carbocycles. The van der Waals surface area contributed by atoms with Gasteiger partial charge < -0.3 is 15.0 Å². The van der Waals surface area contributed by atoms with Crippen molar-refractivity contribution >= 4 is 17.2 Å². The van der Waals surface area contributed by atoms with E-state index >= 15 is 0 Å². The van der Waals surface area contributed by atoms with Gasteiger partial charge in [0.1, 0.15) is 17.1 Å². The first-order chi connectivity index (χ1) is 17.1. The number of aromatic nitrogens is 3. The van der Waals surface area contributed by atoms with Crippen LogP contribution in [0.4, 0.5) is 10.2 Å². The van der Waals surface area contributed by atoms with Crippen molar-refractivity contribution < 1.29 is 13.9 Å². The van der Waals surface area contributed by atoms with E-state index in [4.69, 9.17) is 4.74 Å². The number of anilines is 1. The van der Waals surface area contributed by atoms with Crippen molar-refractivity contribution in [2.75, 3.05) is 24.6 Å². The SMILES string of the molecule is CCOc1ccc(CNC(=O)C2CCN(c3nccn4nc(-c5ccc(F)cc5)cc34)CC2)cc1. The summed E-state index contributed by atoms with van der Waals surface area (Å²) in [5, 5.41) is 7.71. The molecule has 2 aromatic carbocycles. The van der Waals surface area contributed by atoms with Gasteiger partial charge in [-0.1, -0.05) is 12.1 Å². The molecule has 1 aliphatic rings. The number of fused-ring (bicyclic) bond motifs is 1. The molecule has 7 nitrogen and oxygen atoms in total. The Kier molecular flexibility index (Phi) is 6.61. The lowest BCUT2D eigenvalue weighted by atomic mass is 9.95. The van der Waals surface area contributed by atoms with E-state index in [0.717, 1.165) is 59.8 Å². The van der Waals surface area contributed by atoms with Crippen molar-refractivity contribution in [3.8, 4) is 17.0 Å². The number of carbonyl (C=O) groups is 1. The highest BCUT2D eigenvalue weighted by molar-refractivity contribution is 5.79. The zero-order valence-electron chi connectivity index (χ0n) is 19.7. The molecule has 180 valence electrons. The van der Waals surface area contributed by atoms with Crippen LogP contribution in [0.2, 0.25) is 0 Å². The molecule has 0 bridgehead atoms. The highest BCUT2D eigenvalue weighted by atomic mass is 19.1. The molecule has 3 heterocycles. The molecule has 1 aliphatic heterocycles. The Bertz CT molecular complexity index is 1300.